The second-order valence-electron chi connectivity index (χ2n) is 9.34. The molecule has 0 saturated carbocycles. The number of hydrogen-bond acceptors (Lipinski definition) is 1. The van der Waals surface area contributed by atoms with Gasteiger partial charge in [0, 0.05) is 6.54 Å². The lowest BCUT2D eigenvalue weighted by Gasteiger charge is -2.27. The Kier molecular flexibility index (Phi) is 4.39. The molecule has 1 aliphatic rings. The van der Waals surface area contributed by atoms with E-state index in [9.17, 15) is 0 Å². The van der Waals surface area contributed by atoms with E-state index in [1.54, 1.807) is 0 Å². The molecule has 1 atom stereocenters. The number of benzene rings is 4. The highest BCUT2D eigenvalue weighted by molar-refractivity contribution is 6.08. The van der Waals surface area contributed by atoms with Gasteiger partial charge in [-0.2, -0.15) is 0 Å². The van der Waals surface area contributed by atoms with Gasteiger partial charge in [-0.3, -0.25) is 4.99 Å². The van der Waals surface area contributed by atoms with E-state index in [0.29, 0.717) is 0 Å². The van der Waals surface area contributed by atoms with Crippen LogP contribution in [0.4, 0.5) is 0 Å². The molecule has 2 heteroatoms. The van der Waals surface area contributed by atoms with Crippen LogP contribution in [0.25, 0.3) is 32.7 Å². The van der Waals surface area contributed by atoms with Gasteiger partial charge in [-0.05, 0) is 71.5 Å². The van der Waals surface area contributed by atoms with Crippen molar-refractivity contribution in [2.24, 2.45) is 4.99 Å². The summed E-state index contributed by atoms with van der Waals surface area (Å²) in [4.78, 5) is 7.23. The topological polar surface area (TPSA) is 15.6 Å². The molecule has 0 amide bonds. The van der Waals surface area contributed by atoms with Crippen LogP contribution in [0.1, 0.15) is 44.9 Å². The molecule has 0 bridgehead atoms. The van der Waals surface area contributed by atoms with Gasteiger partial charge in [-0.25, -0.2) is 0 Å². The van der Waals surface area contributed by atoms with Gasteiger partial charge in [0.1, 0.15) is 0 Å². The second kappa shape index (κ2) is 6.98. The van der Waals surface area contributed by atoms with Gasteiger partial charge >= 0.3 is 0 Å². The van der Waals surface area contributed by atoms with Crippen molar-refractivity contribution in [2.75, 3.05) is 0 Å². The maximum Gasteiger partial charge on any atom is 0.0864 e. The van der Waals surface area contributed by atoms with Crippen molar-refractivity contribution in [1.82, 2.24) is 4.90 Å². The number of rotatable bonds is 1. The van der Waals surface area contributed by atoms with Gasteiger partial charge in [-0.15, -0.1) is 0 Å². The smallest absolute Gasteiger partial charge is 0.0864 e. The van der Waals surface area contributed by atoms with Crippen molar-refractivity contribution in [3.63, 3.8) is 0 Å². The number of nitrogens with zero attached hydrogens (tertiary/aromatic N) is 2. The average molecular weight is 393 g/mol. The zero-order valence-electron chi connectivity index (χ0n) is 18.2. The molecule has 0 radical (unpaired) electrons. The van der Waals surface area contributed by atoms with Crippen LogP contribution in [0.2, 0.25) is 0 Å². The zero-order valence-corrected chi connectivity index (χ0v) is 18.2. The van der Waals surface area contributed by atoms with Gasteiger partial charge in [0.25, 0.3) is 0 Å². The molecule has 0 aromatic heterocycles. The minimum atomic E-state index is -0.0928. The molecule has 0 aliphatic carbocycles. The summed E-state index contributed by atoms with van der Waals surface area (Å²) in [5.74, 6) is 0. The van der Waals surface area contributed by atoms with Crippen molar-refractivity contribution < 1.29 is 0 Å². The van der Waals surface area contributed by atoms with E-state index in [0.717, 1.165) is 6.54 Å². The fourth-order valence-electron chi connectivity index (χ4n) is 4.56. The van der Waals surface area contributed by atoms with E-state index in [2.05, 4.69) is 112 Å². The third-order valence-electron chi connectivity index (χ3n) is 6.12. The summed E-state index contributed by atoms with van der Waals surface area (Å²) in [5.41, 5.74) is 5.38. The maximum absolute atomic E-state index is 4.84. The molecule has 0 spiro atoms. The summed E-state index contributed by atoms with van der Waals surface area (Å²) in [7, 11) is 0. The Balaban J connectivity index is 1.86. The van der Waals surface area contributed by atoms with Gasteiger partial charge < -0.3 is 4.90 Å². The Morgan fingerprint density at radius 3 is 2.07 bits per heavy atom. The van der Waals surface area contributed by atoms with Crippen LogP contribution in [0.3, 0.4) is 0 Å². The summed E-state index contributed by atoms with van der Waals surface area (Å²) < 4.78 is 0. The largest absolute Gasteiger partial charge is 0.352 e. The summed E-state index contributed by atoms with van der Waals surface area (Å²) in [5, 5.41) is 5.24. The third kappa shape index (κ3) is 3.17. The molecule has 1 heterocycles. The average Bonchev–Trinajstić information content (AvgIpc) is 2.86. The van der Waals surface area contributed by atoms with Gasteiger partial charge in [0.2, 0.25) is 0 Å². The van der Waals surface area contributed by atoms with Gasteiger partial charge in [0.05, 0.1) is 17.9 Å². The number of aliphatic imine (C=N–C) groups is 1. The van der Waals surface area contributed by atoms with E-state index in [1.807, 2.05) is 0 Å². The lowest BCUT2D eigenvalue weighted by molar-refractivity contribution is 0.340. The van der Waals surface area contributed by atoms with Crippen molar-refractivity contribution >= 4 is 27.9 Å². The molecule has 4 aromatic rings. The Hall–Kier alpha value is -3.13. The van der Waals surface area contributed by atoms with E-state index in [-0.39, 0.29) is 11.6 Å². The number of hydrogen-bond donors (Lipinski definition) is 0. The van der Waals surface area contributed by atoms with E-state index < -0.39 is 0 Å². The molecule has 2 nitrogen and oxygen atoms in total. The molecule has 0 unspecified atom stereocenters. The summed E-state index contributed by atoms with van der Waals surface area (Å²) in [6.07, 6.45) is 2.06. The molecule has 5 rings (SSSR count). The lowest BCUT2D eigenvalue weighted by atomic mass is 9.87. The maximum atomic E-state index is 4.84. The van der Waals surface area contributed by atoms with Gasteiger partial charge in [0.15, 0.2) is 0 Å². The van der Waals surface area contributed by atoms with Crippen LogP contribution in [-0.2, 0) is 6.54 Å². The van der Waals surface area contributed by atoms with Crippen molar-refractivity contribution in [3.8, 4) is 11.1 Å². The lowest BCUT2D eigenvalue weighted by Crippen LogP contribution is -2.26. The van der Waals surface area contributed by atoms with Crippen molar-refractivity contribution in [1.29, 1.82) is 0 Å². The highest BCUT2D eigenvalue weighted by atomic mass is 15.2. The van der Waals surface area contributed by atoms with Crippen LogP contribution in [0, 0.1) is 0 Å². The normalized spacial score (nSPS) is 16.7. The summed E-state index contributed by atoms with van der Waals surface area (Å²) in [6.45, 7) is 9.60. The Labute approximate surface area is 178 Å². The summed E-state index contributed by atoms with van der Waals surface area (Å²) in [6, 6.07) is 26.9. The first-order valence-corrected chi connectivity index (χ1v) is 10.8. The Morgan fingerprint density at radius 1 is 0.800 bits per heavy atom. The second-order valence-corrected chi connectivity index (χ2v) is 9.34. The predicted octanol–water partition coefficient (Wildman–Crippen LogP) is 7.36. The fourth-order valence-corrected chi connectivity index (χ4v) is 4.56. The van der Waals surface area contributed by atoms with Crippen molar-refractivity contribution in [3.05, 3.63) is 83.9 Å². The first kappa shape index (κ1) is 18.9. The van der Waals surface area contributed by atoms with Crippen LogP contribution in [0.5, 0.6) is 0 Å². The SMILES string of the molecule is C[C@@H]1c2ccc3ccccc3c2-c2c(ccc3ccccc23)CN1C=NC(C)(C)C. The minimum Gasteiger partial charge on any atom is -0.352 e. The first-order chi connectivity index (χ1) is 14.4. The highest BCUT2D eigenvalue weighted by Gasteiger charge is 2.27. The molecule has 1 aliphatic heterocycles. The Bertz CT molecular complexity index is 1280. The third-order valence-corrected chi connectivity index (χ3v) is 6.12. The molecule has 30 heavy (non-hydrogen) atoms. The highest BCUT2D eigenvalue weighted by Crippen LogP contribution is 2.45. The molecular formula is C28H28N2. The quantitative estimate of drug-likeness (QED) is 0.244. The van der Waals surface area contributed by atoms with Crippen LogP contribution in [-0.4, -0.2) is 16.8 Å². The molecule has 4 aromatic carbocycles. The number of fused-ring (bicyclic) bond motifs is 7. The fraction of sp³-hybridized carbons (Fsp3) is 0.250. The minimum absolute atomic E-state index is 0.0928. The first-order valence-electron chi connectivity index (χ1n) is 10.8. The van der Waals surface area contributed by atoms with Crippen molar-refractivity contribution in [2.45, 2.75) is 45.8 Å². The standard InChI is InChI=1S/C28H28N2/c1-19-23-16-15-21-10-6-8-12-25(21)27(23)26-22(17-30(19)18-29-28(2,3)4)14-13-20-9-5-7-11-24(20)26/h5-16,18-19H,17H2,1-4H3/t19-/m1/s1. The van der Waals surface area contributed by atoms with Crippen LogP contribution in [0.15, 0.2) is 77.8 Å². The summed E-state index contributed by atoms with van der Waals surface area (Å²) >= 11 is 0. The van der Waals surface area contributed by atoms with Gasteiger partial charge in [-0.1, -0.05) is 72.8 Å². The monoisotopic (exact) mass is 392 g/mol. The molecule has 0 fully saturated rings. The Morgan fingerprint density at radius 2 is 1.40 bits per heavy atom. The molecule has 150 valence electrons. The zero-order chi connectivity index (χ0) is 20.9. The molecule has 0 N–H and O–H groups in total. The van der Waals surface area contributed by atoms with Crippen LogP contribution >= 0.6 is 0 Å². The van der Waals surface area contributed by atoms with E-state index in [4.69, 9.17) is 4.99 Å². The van der Waals surface area contributed by atoms with E-state index >= 15 is 0 Å². The molecular weight excluding hydrogens is 364 g/mol. The predicted molar refractivity (Wildman–Crippen MR) is 129 cm³/mol. The van der Waals surface area contributed by atoms with E-state index in [1.165, 1.54) is 43.8 Å². The molecule has 0 saturated heterocycles. The van der Waals surface area contributed by atoms with Crippen LogP contribution < -0.4 is 0 Å².